The van der Waals surface area contributed by atoms with Crippen LogP contribution in [0.3, 0.4) is 0 Å². The van der Waals surface area contributed by atoms with Gasteiger partial charge in [-0.2, -0.15) is 0 Å². The molecule has 0 aliphatic rings. The first-order chi connectivity index (χ1) is 33.5. The average Bonchev–Trinajstić information content (AvgIpc) is 3.34. The number of esters is 3. The first kappa shape index (κ1) is 65.1. The molecule has 394 valence electrons. The van der Waals surface area contributed by atoms with Crippen LogP contribution in [-0.2, 0) is 28.6 Å². The van der Waals surface area contributed by atoms with Gasteiger partial charge in [0, 0.05) is 19.3 Å². The molecule has 0 saturated carbocycles. The van der Waals surface area contributed by atoms with Gasteiger partial charge in [0.05, 0.1) is 0 Å². The second kappa shape index (κ2) is 56.7. The molecule has 0 aliphatic carbocycles. The van der Waals surface area contributed by atoms with Crippen molar-refractivity contribution in [1.82, 2.24) is 0 Å². The van der Waals surface area contributed by atoms with E-state index in [9.17, 15) is 14.4 Å². The molecular formula is C62H110O6. The Balaban J connectivity index is 4.42. The van der Waals surface area contributed by atoms with E-state index in [0.29, 0.717) is 19.3 Å². The van der Waals surface area contributed by atoms with E-state index in [4.69, 9.17) is 14.2 Å². The fourth-order valence-corrected chi connectivity index (χ4v) is 8.36. The van der Waals surface area contributed by atoms with Crippen molar-refractivity contribution in [3.63, 3.8) is 0 Å². The number of ether oxygens (including phenoxy) is 3. The molecule has 0 aromatic rings. The van der Waals surface area contributed by atoms with Crippen LogP contribution in [0.4, 0.5) is 0 Å². The molecule has 0 aliphatic heterocycles. The van der Waals surface area contributed by atoms with Gasteiger partial charge in [0.15, 0.2) is 6.10 Å². The van der Waals surface area contributed by atoms with Gasteiger partial charge in [0.25, 0.3) is 0 Å². The van der Waals surface area contributed by atoms with Crippen molar-refractivity contribution in [2.75, 3.05) is 13.2 Å². The Bertz CT molecular complexity index is 1230. The predicted octanol–water partition coefficient (Wildman–Crippen LogP) is 19.6. The molecule has 0 N–H and O–H groups in total. The van der Waals surface area contributed by atoms with Crippen molar-refractivity contribution < 1.29 is 28.6 Å². The number of hydrogen-bond acceptors (Lipinski definition) is 6. The summed E-state index contributed by atoms with van der Waals surface area (Å²) in [6, 6.07) is 0. The van der Waals surface area contributed by atoms with Crippen LogP contribution >= 0.6 is 0 Å². The molecule has 0 aromatic heterocycles. The van der Waals surface area contributed by atoms with Crippen LogP contribution in [0.15, 0.2) is 60.8 Å². The predicted molar refractivity (Wildman–Crippen MR) is 293 cm³/mol. The van der Waals surface area contributed by atoms with Crippen LogP contribution in [0.5, 0.6) is 0 Å². The summed E-state index contributed by atoms with van der Waals surface area (Å²) in [5, 5.41) is 0. The lowest BCUT2D eigenvalue weighted by atomic mass is 10.0. The van der Waals surface area contributed by atoms with Crippen molar-refractivity contribution in [2.45, 2.75) is 303 Å². The van der Waals surface area contributed by atoms with E-state index in [-0.39, 0.29) is 31.1 Å². The molecule has 0 aromatic carbocycles. The lowest BCUT2D eigenvalue weighted by Crippen LogP contribution is -2.30. The number of allylic oxidation sites excluding steroid dienone is 10. The highest BCUT2D eigenvalue weighted by Crippen LogP contribution is 2.16. The molecule has 6 heteroatoms. The van der Waals surface area contributed by atoms with Gasteiger partial charge < -0.3 is 14.2 Å². The van der Waals surface area contributed by atoms with Crippen LogP contribution in [0.2, 0.25) is 0 Å². The molecule has 6 nitrogen and oxygen atoms in total. The summed E-state index contributed by atoms with van der Waals surface area (Å²) in [5.74, 6) is -0.897. The maximum Gasteiger partial charge on any atom is 0.306 e. The van der Waals surface area contributed by atoms with E-state index in [0.717, 1.165) is 89.9 Å². The minimum absolute atomic E-state index is 0.0817. The summed E-state index contributed by atoms with van der Waals surface area (Å²) < 4.78 is 16.9. The number of unbranched alkanes of at least 4 members (excludes halogenated alkanes) is 34. The number of carbonyl (C=O) groups excluding carboxylic acids is 3. The van der Waals surface area contributed by atoms with E-state index >= 15 is 0 Å². The lowest BCUT2D eigenvalue weighted by molar-refractivity contribution is -0.167. The van der Waals surface area contributed by atoms with Gasteiger partial charge in [0.1, 0.15) is 13.2 Å². The minimum Gasteiger partial charge on any atom is -0.462 e. The third-order valence-electron chi connectivity index (χ3n) is 12.8. The molecule has 1 atom stereocenters. The zero-order chi connectivity index (χ0) is 49.3. The van der Waals surface area contributed by atoms with Crippen molar-refractivity contribution >= 4 is 17.9 Å². The fraction of sp³-hybridized carbons (Fsp3) is 0.790. The van der Waals surface area contributed by atoms with E-state index in [1.54, 1.807) is 0 Å². The van der Waals surface area contributed by atoms with Gasteiger partial charge in [-0.1, -0.05) is 261 Å². The molecule has 1 unspecified atom stereocenters. The summed E-state index contributed by atoms with van der Waals surface area (Å²) in [6.07, 6.45) is 70.6. The molecule has 68 heavy (non-hydrogen) atoms. The highest BCUT2D eigenvalue weighted by molar-refractivity contribution is 5.71. The molecule has 0 fully saturated rings. The monoisotopic (exact) mass is 951 g/mol. The zero-order valence-corrected chi connectivity index (χ0v) is 45.1. The Kier molecular flexibility index (Phi) is 54.3. The second-order valence-electron chi connectivity index (χ2n) is 19.6. The SMILES string of the molecule is CCCCC/C=C\C/C=C\CCCCCCCCCC(=O)OC(COC(=O)CCCCCCC\C=C/C=C\C=C/CCCCCCC)COC(=O)CCCCCCCCCCCCCCCCC. The summed E-state index contributed by atoms with van der Waals surface area (Å²) in [5.41, 5.74) is 0. The molecule has 0 heterocycles. The zero-order valence-electron chi connectivity index (χ0n) is 45.1. The number of rotatable bonds is 53. The van der Waals surface area contributed by atoms with Gasteiger partial charge in [0.2, 0.25) is 0 Å². The second-order valence-corrected chi connectivity index (χ2v) is 19.6. The molecule has 0 rings (SSSR count). The van der Waals surface area contributed by atoms with Crippen LogP contribution < -0.4 is 0 Å². The smallest absolute Gasteiger partial charge is 0.306 e. The molecular weight excluding hydrogens is 841 g/mol. The Labute approximate surface area is 421 Å². The first-order valence-corrected chi connectivity index (χ1v) is 29.3. The van der Waals surface area contributed by atoms with Crippen LogP contribution in [0, 0.1) is 0 Å². The van der Waals surface area contributed by atoms with E-state index in [1.807, 2.05) is 0 Å². The third kappa shape index (κ3) is 54.1. The van der Waals surface area contributed by atoms with Gasteiger partial charge in [-0.15, -0.1) is 0 Å². The van der Waals surface area contributed by atoms with Gasteiger partial charge in [-0.05, 0) is 77.0 Å². The summed E-state index contributed by atoms with van der Waals surface area (Å²) in [7, 11) is 0. The molecule has 0 saturated heterocycles. The average molecular weight is 952 g/mol. The van der Waals surface area contributed by atoms with Crippen LogP contribution in [-0.4, -0.2) is 37.2 Å². The van der Waals surface area contributed by atoms with E-state index in [2.05, 4.69) is 81.5 Å². The summed E-state index contributed by atoms with van der Waals surface area (Å²) in [4.78, 5) is 38.2. The molecule has 0 spiro atoms. The number of carbonyl (C=O) groups is 3. The van der Waals surface area contributed by atoms with Gasteiger partial charge >= 0.3 is 17.9 Å². The Morgan fingerprint density at radius 3 is 0.956 bits per heavy atom. The molecule has 0 bridgehead atoms. The Morgan fingerprint density at radius 2 is 0.588 bits per heavy atom. The van der Waals surface area contributed by atoms with Crippen LogP contribution in [0.25, 0.3) is 0 Å². The minimum atomic E-state index is -0.786. The Morgan fingerprint density at radius 1 is 0.309 bits per heavy atom. The van der Waals surface area contributed by atoms with E-state index in [1.165, 1.54) is 167 Å². The highest BCUT2D eigenvalue weighted by atomic mass is 16.6. The van der Waals surface area contributed by atoms with Crippen molar-refractivity contribution in [2.24, 2.45) is 0 Å². The van der Waals surface area contributed by atoms with Crippen molar-refractivity contribution in [3.8, 4) is 0 Å². The summed E-state index contributed by atoms with van der Waals surface area (Å²) >= 11 is 0. The largest absolute Gasteiger partial charge is 0.462 e. The highest BCUT2D eigenvalue weighted by Gasteiger charge is 2.19. The summed E-state index contributed by atoms with van der Waals surface area (Å²) in [6.45, 7) is 6.61. The molecule has 0 radical (unpaired) electrons. The number of hydrogen-bond donors (Lipinski definition) is 0. The van der Waals surface area contributed by atoms with Gasteiger partial charge in [-0.25, -0.2) is 0 Å². The van der Waals surface area contributed by atoms with E-state index < -0.39 is 6.10 Å². The normalized spacial score (nSPS) is 12.5. The van der Waals surface area contributed by atoms with Crippen molar-refractivity contribution in [1.29, 1.82) is 0 Å². The van der Waals surface area contributed by atoms with Crippen LogP contribution in [0.1, 0.15) is 297 Å². The standard InChI is InChI=1S/C62H110O6/c1-4-7-10-13-16-19-22-25-28-30-32-34-37-40-43-46-49-52-55-61(64)67-58-59(57-66-60(63)54-51-48-45-42-39-36-33-27-24-21-18-15-12-9-6-3)68-62(65)56-53-50-47-44-41-38-35-31-29-26-23-20-17-14-11-8-5-2/h17,20,22,25-26,28-30,32,34,59H,4-16,18-19,21,23-24,27,31,33,35-58H2,1-3H3/b20-17-,25-22-,29-26-,30-28-,34-32-. The Hall–Kier alpha value is -2.89. The quantitative estimate of drug-likeness (QED) is 0.0199. The fourth-order valence-electron chi connectivity index (χ4n) is 8.36. The van der Waals surface area contributed by atoms with Gasteiger partial charge in [-0.3, -0.25) is 14.4 Å². The molecule has 0 amide bonds. The first-order valence-electron chi connectivity index (χ1n) is 29.3. The lowest BCUT2D eigenvalue weighted by Gasteiger charge is -2.18. The maximum atomic E-state index is 12.9. The topological polar surface area (TPSA) is 78.9 Å². The van der Waals surface area contributed by atoms with Crippen molar-refractivity contribution in [3.05, 3.63) is 60.8 Å². The third-order valence-corrected chi connectivity index (χ3v) is 12.8. The maximum absolute atomic E-state index is 12.9.